The van der Waals surface area contributed by atoms with Crippen molar-refractivity contribution in [3.05, 3.63) is 96.6 Å². The summed E-state index contributed by atoms with van der Waals surface area (Å²) in [6.45, 7) is 14.2. The smallest absolute Gasteiger partial charge is 0.0544 e. The third-order valence-electron chi connectivity index (χ3n) is 11.8. The van der Waals surface area contributed by atoms with Crippen LogP contribution in [0.15, 0.2) is 72.8 Å². The van der Waals surface area contributed by atoms with E-state index in [9.17, 15) is 0 Å². The number of rotatable bonds is 16. The molecule has 50 heavy (non-hydrogen) atoms. The van der Waals surface area contributed by atoms with Crippen LogP contribution in [0.5, 0.6) is 0 Å². The van der Waals surface area contributed by atoms with Crippen LogP contribution in [0.1, 0.15) is 148 Å². The number of benzene rings is 4. The Morgan fingerprint density at radius 2 is 1.18 bits per heavy atom. The number of hydrogen-bond donors (Lipinski definition) is 0. The molecule has 0 bridgehead atoms. The molecule has 1 aliphatic rings. The molecule has 0 N–H and O–H groups in total. The van der Waals surface area contributed by atoms with E-state index in [1.165, 1.54) is 141 Å². The van der Waals surface area contributed by atoms with Gasteiger partial charge in [0.2, 0.25) is 0 Å². The van der Waals surface area contributed by atoms with Crippen molar-refractivity contribution in [2.75, 3.05) is 0 Å². The number of hydrogen-bond acceptors (Lipinski definition) is 0. The van der Waals surface area contributed by atoms with Gasteiger partial charge in [0, 0.05) is 29.0 Å². The van der Waals surface area contributed by atoms with Crippen molar-refractivity contribution in [2.24, 2.45) is 5.92 Å². The van der Waals surface area contributed by atoms with Crippen LogP contribution in [0.4, 0.5) is 0 Å². The van der Waals surface area contributed by atoms with Gasteiger partial charge >= 0.3 is 0 Å². The summed E-state index contributed by atoms with van der Waals surface area (Å²) in [4.78, 5) is 0. The molecule has 4 aromatic carbocycles. The lowest BCUT2D eigenvalue weighted by Gasteiger charge is -2.39. The van der Waals surface area contributed by atoms with Crippen molar-refractivity contribution in [2.45, 2.75) is 142 Å². The molecule has 3 heteroatoms. The minimum Gasteiger partial charge on any atom is -0.309 e. The first kappa shape index (κ1) is 37.9. The summed E-state index contributed by atoms with van der Waals surface area (Å²) in [6, 6.07) is 29.0. The van der Waals surface area contributed by atoms with Gasteiger partial charge in [-0.3, -0.25) is 0 Å². The lowest BCUT2D eigenvalue weighted by molar-refractivity contribution is 0.292. The summed E-state index contributed by atoms with van der Waals surface area (Å²) in [7, 11) is 0. The molecule has 0 spiro atoms. The Morgan fingerprint density at radius 1 is 0.600 bits per heavy atom. The SMILES string of the molecule is CCCCCCCCCC1(C(C)CCCCCCC)c2cc(I)ccc2-c2cc3c4cc(I)ccc4n(-c4ccc(C(C)(C)C)cc4)c3cc21. The summed E-state index contributed by atoms with van der Waals surface area (Å²) in [5, 5.41) is 2.73. The monoisotopic (exact) mass is 891 g/mol. The van der Waals surface area contributed by atoms with Crippen molar-refractivity contribution in [1.82, 2.24) is 4.57 Å². The highest BCUT2D eigenvalue weighted by atomic mass is 127. The van der Waals surface area contributed by atoms with Crippen LogP contribution in [0.2, 0.25) is 0 Å². The highest BCUT2D eigenvalue weighted by Gasteiger charge is 2.47. The van der Waals surface area contributed by atoms with E-state index in [-0.39, 0.29) is 10.8 Å². The van der Waals surface area contributed by atoms with Crippen molar-refractivity contribution in [3.63, 3.8) is 0 Å². The van der Waals surface area contributed by atoms with Crippen LogP contribution in [-0.4, -0.2) is 4.57 Å². The van der Waals surface area contributed by atoms with Crippen molar-refractivity contribution in [1.29, 1.82) is 0 Å². The van der Waals surface area contributed by atoms with Gasteiger partial charge in [-0.1, -0.05) is 137 Å². The molecule has 1 aliphatic carbocycles. The maximum atomic E-state index is 2.66. The topological polar surface area (TPSA) is 4.93 Å². The molecule has 1 heterocycles. The minimum absolute atomic E-state index is 0.0278. The first-order chi connectivity index (χ1) is 24.1. The number of halogens is 2. The van der Waals surface area contributed by atoms with Gasteiger partial charge in [0.05, 0.1) is 11.0 Å². The van der Waals surface area contributed by atoms with Crippen LogP contribution in [0.3, 0.4) is 0 Å². The van der Waals surface area contributed by atoms with Crippen LogP contribution in [-0.2, 0) is 10.8 Å². The van der Waals surface area contributed by atoms with E-state index < -0.39 is 0 Å². The molecule has 2 unspecified atom stereocenters. The van der Waals surface area contributed by atoms with E-state index in [1.54, 1.807) is 11.1 Å². The van der Waals surface area contributed by atoms with E-state index in [4.69, 9.17) is 0 Å². The quantitative estimate of drug-likeness (QED) is 0.0687. The lowest BCUT2D eigenvalue weighted by Crippen LogP contribution is -2.33. The zero-order chi connectivity index (χ0) is 35.5. The Balaban J connectivity index is 1.53. The second-order valence-electron chi connectivity index (χ2n) is 16.3. The molecule has 5 aromatic rings. The minimum atomic E-state index is 0.0278. The third kappa shape index (κ3) is 7.61. The first-order valence-electron chi connectivity index (χ1n) is 19.8. The largest absolute Gasteiger partial charge is 0.309 e. The average Bonchev–Trinajstić information content (AvgIpc) is 3.55. The summed E-state index contributed by atoms with van der Waals surface area (Å²) in [6.07, 6.45) is 18.7. The van der Waals surface area contributed by atoms with E-state index in [0.29, 0.717) is 5.92 Å². The molecule has 0 amide bonds. The zero-order valence-corrected chi connectivity index (χ0v) is 35.9. The molecule has 1 nitrogen and oxygen atoms in total. The lowest BCUT2D eigenvalue weighted by atomic mass is 9.64. The molecule has 0 aliphatic heterocycles. The number of fused-ring (bicyclic) bond motifs is 6. The van der Waals surface area contributed by atoms with E-state index >= 15 is 0 Å². The highest BCUT2D eigenvalue weighted by Crippen LogP contribution is 2.58. The molecule has 266 valence electrons. The van der Waals surface area contributed by atoms with Crippen molar-refractivity contribution < 1.29 is 0 Å². The summed E-state index contributed by atoms with van der Waals surface area (Å²) in [5.41, 5.74) is 11.6. The summed E-state index contributed by atoms with van der Waals surface area (Å²) in [5.74, 6) is 0.574. The van der Waals surface area contributed by atoms with Gasteiger partial charge < -0.3 is 4.57 Å². The van der Waals surface area contributed by atoms with Gasteiger partial charge in [0.15, 0.2) is 0 Å². The first-order valence-corrected chi connectivity index (χ1v) is 22.0. The average molecular weight is 892 g/mol. The number of unbranched alkanes of at least 4 members (excludes halogenated alkanes) is 10. The van der Waals surface area contributed by atoms with Gasteiger partial charge in [-0.05, 0) is 152 Å². The molecule has 0 saturated heterocycles. The number of aromatic nitrogens is 1. The second-order valence-corrected chi connectivity index (χ2v) is 18.8. The van der Waals surface area contributed by atoms with E-state index in [2.05, 4.69) is 164 Å². The van der Waals surface area contributed by atoms with Gasteiger partial charge in [-0.15, -0.1) is 0 Å². The molecular formula is C47H59I2N. The van der Waals surface area contributed by atoms with E-state index in [1.807, 2.05) is 0 Å². The Labute approximate surface area is 330 Å². The van der Waals surface area contributed by atoms with Crippen LogP contribution in [0.25, 0.3) is 38.6 Å². The van der Waals surface area contributed by atoms with Gasteiger partial charge in [0.1, 0.15) is 0 Å². The number of nitrogens with zero attached hydrogens (tertiary/aromatic N) is 1. The Kier molecular flexibility index (Phi) is 12.5. The maximum absolute atomic E-state index is 2.66. The van der Waals surface area contributed by atoms with Gasteiger partial charge in [-0.2, -0.15) is 0 Å². The molecule has 0 fully saturated rings. The molecule has 6 rings (SSSR count). The summed E-state index contributed by atoms with van der Waals surface area (Å²) < 4.78 is 5.22. The fraction of sp³-hybridized carbons (Fsp3) is 0.489. The maximum Gasteiger partial charge on any atom is 0.0544 e. The van der Waals surface area contributed by atoms with Crippen LogP contribution >= 0.6 is 45.2 Å². The molecular weight excluding hydrogens is 832 g/mol. The molecule has 2 atom stereocenters. The zero-order valence-electron chi connectivity index (χ0n) is 31.6. The molecule has 1 aromatic heterocycles. The normalized spacial score (nSPS) is 16.3. The van der Waals surface area contributed by atoms with Gasteiger partial charge in [0.25, 0.3) is 0 Å². The fourth-order valence-electron chi connectivity index (χ4n) is 8.99. The Morgan fingerprint density at radius 3 is 1.86 bits per heavy atom. The standard InChI is InChI=1S/C47H59I2N/c1-7-9-11-13-14-16-18-28-47(33(3)19-17-15-12-10-8-2)42-30-36(49)22-26-38(42)39-31-41-40-29-35(48)23-27-44(40)50(45(41)32-43(39)47)37-24-20-34(21-25-37)46(4,5)6/h20-27,29-33H,7-19,28H2,1-6H3. The van der Waals surface area contributed by atoms with Crippen molar-refractivity contribution in [3.8, 4) is 16.8 Å². The fourth-order valence-corrected chi connectivity index (χ4v) is 9.97. The van der Waals surface area contributed by atoms with Crippen molar-refractivity contribution >= 4 is 67.0 Å². The third-order valence-corrected chi connectivity index (χ3v) is 13.2. The van der Waals surface area contributed by atoms with Gasteiger partial charge in [-0.25, -0.2) is 0 Å². The molecule has 0 saturated carbocycles. The highest BCUT2D eigenvalue weighted by molar-refractivity contribution is 14.1. The predicted octanol–water partition coefficient (Wildman–Crippen LogP) is 15.7. The van der Waals surface area contributed by atoms with Crippen LogP contribution in [0, 0.1) is 13.1 Å². The Hall–Kier alpha value is -1.86. The summed E-state index contributed by atoms with van der Waals surface area (Å²) >= 11 is 5.06. The van der Waals surface area contributed by atoms with Crippen LogP contribution < -0.4 is 0 Å². The van der Waals surface area contributed by atoms with E-state index in [0.717, 1.165) is 0 Å². The molecule has 0 radical (unpaired) electrons. The Bertz CT molecular complexity index is 1910. The predicted molar refractivity (Wildman–Crippen MR) is 236 cm³/mol. The second kappa shape index (κ2) is 16.4.